The van der Waals surface area contributed by atoms with E-state index in [0.717, 1.165) is 24.3 Å². The van der Waals surface area contributed by atoms with Crippen LogP contribution in [0.4, 0.5) is 16.0 Å². The summed E-state index contributed by atoms with van der Waals surface area (Å²) in [5.74, 6) is 1.55. The molecule has 0 bridgehead atoms. The van der Waals surface area contributed by atoms with Crippen LogP contribution in [-0.2, 0) is 4.79 Å². The fraction of sp³-hybridized carbons (Fsp3) is 0.500. The third kappa shape index (κ3) is 4.98. The lowest BCUT2D eigenvalue weighted by Crippen LogP contribution is -2.26. The normalized spacial score (nSPS) is 19.4. The fourth-order valence-electron chi connectivity index (χ4n) is 3.70. The van der Waals surface area contributed by atoms with E-state index < -0.39 is 5.82 Å². The molecule has 1 saturated heterocycles. The second-order valence-corrected chi connectivity index (χ2v) is 8.15. The van der Waals surface area contributed by atoms with Gasteiger partial charge in [0.15, 0.2) is 11.6 Å². The first kappa shape index (κ1) is 20.4. The molecular weight excluding hydrogens is 385 g/mol. The molecule has 8 heteroatoms. The minimum absolute atomic E-state index is 0.0409. The number of ether oxygens (including phenoxy) is 1. The monoisotopic (exact) mass is 413 g/mol. The number of anilines is 2. The summed E-state index contributed by atoms with van der Waals surface area (Å²) < 4.78 is 20.9. The van der Waals surface area contributed by atoms with Crippen LogP contribution in [-0.4, -0.2) is 41.6 Å². The number of rotatable bonds is 8. The predicted molar refractivity (Wildman–Crippen MR) is 113 cm³/mol. The predicted octanol–water partition coefficient (Wildman–Crippen LogP) is 3.29. The highest BCUT2D eigenvalue weighted by molar-refractivity contribution is 5.73. The maximum Gasteiger partial charge on any atom is 0.217 e. The Bertz CT molecular complexity index is 888. The minimum atomic E-state index is -0.393. The van der Waals surface area contributed by atoms with Crippen LogP contribution < -0.4 is 20.3 Å². The Labute approximate surface area is 176 Å². The molecule has 2 aliphatic rings. The van der Waals surface area contributed by atoms with Gasteiger partial charge in [0.2, 0.25) is 11.7 Å². The summed E-state index contributed by atoms with van der Waals surface area (Å²) >= 11 is 0. The Hall–Kier alpha value is -2.90. The van der Waals surface area contributed by atoms with E-state index in [9.17, 15) is 9.18 Å². The second kappa shape index (κ2) is 8.85. The Morgan fingerprint density at radius 2 is 2.03 bits per heavy atom. The van der Waals surface area contributed by atoms with Crippen molar-refractivity contribution in [2.75, 3.05) is 29.9 Å². The number of benzene rings is 1. The van der Waals surface area contributed by atoms with Crippen molar-refractivity contribution < 1.29 is 13.9 Å². The molecule has 30 heavy (non-hydrogen) atoms. The van der Waals surface area contributed by atoms with Crippen molar-refractivity contribution in [3.8, 4) is 5.75 Å². The van der Waals surface area contributed by atoms with Gasteiger partial charge in [-0.15, -0.1) is 0 Å². The van der Waals surface area contributed by atoms with Gasteiger partial charge in [0.1, 0.15) is 18.2 Å². The molecule has 1 aliphatic carbocycles. The van der Waals surface area contributed by atoms with Crippen LogP contribution in [0.15, 0.2) is 30.6 Å². The van der Waals surface area contributed by atoms with Crippen LogP contribution in [0.5, 0.6) is 5.75 Å². The molecule has 160 valence electrons. The van der Waals surface area contributed by atoms with E-state index >= 15 is 0 Å². The summed E-state index contributed by atoms with van der Waals surface area (Å²) in [6, 6.07) is 7.65. The van der Waals surface area contributed by atoms with E-state index in [-0.39, 0.29) is 23.9 Å². The van der Waals surface area contributed by atoms with Crippen molar-refractivity contribution >= 4 is 17.5 Å². The number of hydrogen-bond donors (Lipinski definition) is 2. The third-order valence-corrected chi connectivity index (χ3v) is 5.57. The zero-order valence-corrected chi connectivity index (χ0v) is 17.4. The first-order valence-corrected chi connectivity index (χ1v) is 10.5. The third-order valence-electron chi connectivity index (χ3n) is 5.57. The molecule has 4 rings (SSSR count). The molecule has 0 radical (unpaired) electrons. The van der Waals surface area contributed by atoms with Gasteiger partial charge in [0.05, 0.1) is 12.6 Å². The maximum atomic E-state index is 14.9. The van der Waals surface area contributed by atoms with Gasteiger partial charge in [-0.1, -0.05) is 12.1 Å². The summed E-state index contributed by atoms with van der Waals surface area (Å²) in [4.78, 5) is 21.3. The lowest BCUT2D eigenvalue weighted by atomic mass is 10.1. The highest BCUT2D eigenvalue weighted by Crippen LogP contribution is 2.31. The molecule has 1 aliphatic heterocycles. The van der Waals surface area contributed by atoms with Crippen molar-refractivity contribution in [1.82, 2.24) is 15.3 Å². The Balaban J connectivity index is 1.34. The van der Waals surface area contributed by atoms with E-state index in [1.54, 1.807) is 0 Å². The average molecular weight is 413 g/mol. The molecule has 0 unspecified atom stereocenters. The van der Waals surface area contributed by atoms with Gasteiger partial charge >= 0.3 is 0 Å². The van der Waals surface area contributed by atoms with Crippen molar-refractivity contribution in [2.24, 2.45) is 5.92 Å². The molecule has 2 N–H and O–H groups in total. The van der Waals surface area contributed by atoms with Gasteiger partial charge in [0, 0.05) is 26.4 Å². The summed E-state index contributed by atoms with van der Waals surface area (Å²) in [5, 5.41) is 5.97. The number of amides is 1. The van der Waals surface area contributed by atoms with Crippen LogP contribution in [0, 0.1) is 11.7 Å². The van der Waals surface area contributed by atoms with Crippen LogP contribution >= 0.6 is 0 Å². The Morgan fingerprint density at radius 1 is 1.27 bits per heavy atom. The largest absolute Gasteiger partial charge is 0.489 e. The first-order valence-electron chi connectivity index (χ1n) is 10.5. The number of halogens is 1. The minimum Gasteiger partial charge on any atom is -0.489 e. The molecule has 2 atom stereocenters. The zero-order chi connectivity index (χ0) is 21.1. The molecule has 1 aromatic carbocycles. The number of carbonyl (C=O) groups is 1. The highest BCUT2D eigenvalue weighted by atomic mass is 19.1. The van der Waals surface area contributed by atoms with Gasteiger partial charge in [-0.25, -0.2) is 9.97 Å². The average Bonchev–Trinajstić information content (AvgIpc) is 3.44. The number of carbonyl (C=O) groups excluding carboxylic acids is 1. The van der Waals surface area contributed by atoms with Crippen LogP contribution in [0.1, 0.15) is 44.7 Å². The molecule has 1 saturated carbocycles. The van der Waals surface area contributed by atoms with Gasteiger partial charge in [-0.3, -0.25) is 4.79 Å². The lowest BCUT2D eigenvalue weighted by molar-refractivity contribution is -0.119. The summed E-state index contributed by atoms with van der Waals surface area (Å²) in [7, 11) is 0. The van der Waals surface area contributed by atoms with Gasteiger partial charge < -0.3 is 20.3 Å². The van der Waals surface area contributed by atoms with Gasteiger partial charge in [0.25, 0.3) is 0 Å². The van der Waals surface area contributed by atoms with E-state index in [2.05, 4.69) is 20.6 Å². The van der Waals surface area contributed by atoms with E-state index in [1.807, 2.05) is 36.1 Å². The SMILES string of the molecule is CC(=O)N[C@@H](C)c1ccc(O[C@@H]2CCN(c3ncnc(NCC4CC4)c3F)C2)cc1. The quantitative estimate of drug-likeness (QED) is 0.691. The topological polar surface area (TPSA) is 79.4 Å². The van der Waals surface area contributed by atoms with E-state index in [0.29, 0.717) is 24.8 Å². The fourth-order valence-corrected chi connectivity index (χ4v) is 3.70. The second-order valence-electron chi connectivity index (χ2n) is 8.15. The molecule has 1 aromatic heterocycles. The Morgan fingerprint density at radius 3 is 2.73 bits per heavy atom. The summed E-state index contributed by atoms with van der Waals surface area (Å²) in [5.41, 5.74) is 1.01. The smallest absolute Gasteiger partial charge is 0.217 e. The van der Waals surface area contributed by atoms with E-state index in [1.165, 1.54) is 26.1 Å². The molecule has 2 heterocycles. The molecule has 7 nitrogen and oxygen atoms in total. The molecule has 0 spiro atoms. The molecule has 2 aromatic rings. The van der Waals surface area contributed by atoms with Crippen molar-refractivity contribution in [3.05, 3.63) is 42.0 Å². The van der Waals surface area contributed by atoms with Gasteiger partial charge in [-0.05, 0) is 43.4 Å². The molecular formula is C22H28FN5O2. The van der Waals surface area contributed by atoms with Crippen LogP contribution in [0.25, 0.3) is 0 Å². The number of nitrogens with zero attached hydrogens (tertiary/aromatic N) is 3. The summed E-state index contributed by atoms with van der Waals surface area (Å²) in [6.45, 7) is 5.45. The van der Waals surface area contributed by atoms with E-state index in [4.69, 9.17) is 4.74 Å². The van der Waals surface area contributed by atoms with Crippen LogP contribution in [0.3, 0.4) is 0 Å². The first-order chi connectivity index (χ1) is 14.5. The number of nitrogens with one attached hydrogen (secondary N) is 2. The maximum absolute atomic E-state index is 14.9. The molecule has 2 fully saturated rings. The Kier molecular flexibility index (Phi) is 6.01. The standard InChI is InChI=1S/C22H28FN5O2/c1-14(27-15(2)29)17-5-7-18(8-6-17)30-19-9-10-28(12-19)22-20(23)21(25-13-26-22)24-11-16-3-4-16/h5-8,13-14,16,19H,3-4,9-12H2,1-2H3,(H,27,29)(H,24,25,26)/t14-,19+/m0/s1. The van der Waals surface area contributed by atoms with Gasteiger partial charge in [-0.2, -0.15) is 4.39 Å². The zero-order valence-electron chi connectivity index (χ0n) is 17.4. The van der Waals surface area contributed by atoms with Crippen molar-refractivity contribution in [2.45, 2.75) is 45.3 Å². The van der Waals surface area contributed by atoms with Crippen LogP contribution in [0.2, 0.25) is 0 Å². The number of aromatic nitrogens is 2. The van der Waals surface area contributed by atoms with Crippen molar-refractivity contribution in [1.29, 1.82) is 0 Å². The number of hydrogen-bond acceptors (Lipinski definition) is 6. The lowest BCUT2D eigenvalue weighted by Gasteiger charge is -2.20. The highest BCUT2D eigenvalue weighted by Gasteiger charge is 2.29. The van der Waals surface area contributed by atoms with Crippen molar-refractivity contribution in [3.63, 3.8) is 0 Å². The summed E-state index contributed by atoms with van der Waals surface area (Å²) in [6.07, 6.45) is 4.56. The molecule has 1 amide bonds.